The van der Waals surface area contributed by atoms with Crippen molar-refractivity contribution in [1.82, 2.24) is 14.7 Å². The minimum Gasteiger partial charge on any atom is -0.291 e. The number of amidine groups is 1. The lowest BCUT2D eigenvalue weighted by Crippen LogP contribution is -2.40. The van der Waals surface area contributed by atoms with Gasteiger partial charge in [-0.1, -0.05) is 62.0 Å². The molecule has 4 rings (SSSR count). The Morgan fingerprint density at radius 2 is 1.84 bits per heavy atom. The number of carbonyl (C=O) groups is 1. The van der Waals surface area contributed by atoms with Crippen molar-refractivity contribution >= 4 is 39.3 Å². The molecule has 0 bridgehead atoms. The van der Waals surface area contributed by atoms with Crippen LogP contribution in [0.4, 0.5) is 5.69 Å². The molecule has 0 atom stereocenters. The molecular weight excluding hydrogens is 408 g/mol. The fraction of sp³-hybridized carbons (Fsp3) is 0.333. The molecule has 0 saturated carbocycles. The fourth-order valence-corrected chi connectivity index (χ4v) is 4.78. The number of benzene rings is 2. The van der Waals surface area contributed by atoms with E-state index in [4.69, 9.17) is 4.99 Å². The molecular formula is C24H26N4O2S. The lowest BCUT2D eigenvalue weighted by atomic mass is 10.0. The van der Waals surface area contributed by atoms with Crippen LogP contribution in [0, 0.1) is 0 Å². The Hall–Kier alpha value is -2.93. The largest absolute Gasteiger partial charge is 0.291 e. The number of aryl methyl sites for hydroxylation is 1. The average molecular weight is 435 g/mol. The Bertz CT molecular complexity index is 1220. The molecule has 0 spiro atoms. The standard InChI is InChI=1S/C24H26N4O2S/c1-16(2)17-9-6-7-12-20(17)25-24-28(13-8-14-31-24)22(29)15-21-18-10-4-5-11-19(18)23(30)27(3)26-21/h4-7,9-12,16H,8,13-15H2,1-3H3. The minimum atomic E-state index is -0.159. The molecule has 0 aliphatic carbocycles. The van der Waals surface area contributed by atoms with Gasteiger partial charge in [0.25, 0.3) is 5.56 Å². The van der Waals surface area contributed by atoms with Gasteiger partial charge < -0.3 is 0 Å². The van der Waals surface area contributed by atoms with Crippen LogP contribution in [-0.2, 0) is 18.3 Å². The molecule has 1 aliphatic rings. The van der Waals surface area contributed by atoms with Crippen molar-refractivity contribution in [1.29, 1.82) is 0 Å². The second kappa shape index (κ2) is 9.06. The number of para-hydroxylation sites is 1. The van der Waals surface area contributed by atoms with Gasteiger partial charge >= 0.3 is 0 Å². The van der Waals surface area contributed by atoms with Gasteiger partial charge in [0.2, 0.25) is 5.91 Å². The van der Waals surface area contributed by atoms with Crippen LogP contribution in [0.5, 0.6) is 0 Å². The van der Waals surface area contributed by atoms with E-state index in [0.29, 0.717) is 23.5 Å². The number of fused-ring (bicyclic) bond motifs is 1. The van der Waals surface area contributed by atoms with Crippen LogP contribution >= 0.6 is 11.8 Å². The van der Waals surface area contributed by atoms with Crippen LogP contribution in [0.1, 0.15) is 37.4 Å². The zero-order valence-corrected chi connectivity index (χ0v) is 18.9. The molecule has 31 heavy (non-hydrogen) atoms. The summed E-state index contributed by atoms with van der Waals surface area (Å²) in [6.45, 7) is 4.93. The normalized spacial score (nSPS) is 15.7. The number of aliphatic imine (C=N–C) groups is 1. The Balaban J connectivity index is 1.68. The fourth-order valence-electron chi connectivity index (χ4n) is 3.81. The van der Waals surface area contributed by atoms with Gasteiger partial charge in [-0.05, 0) is 30.0 Å². The predicted molar refractivity (Wildman–Crippen MR) is 127 cm³/mol. The van der Waals surface area contributed by atoms with Crippen molar-refractivity contribution in [3.63, 3.8) is 0 Å². The van der Waals surface area contributed by atoms with Crippen molar-refractivity contribution in [2.45, 2.75) is 32.6 Å². The van der Waals surface area contributed by atoms with E-state index >= 15 is 0 Å². The van der Waals surface area contributed by atoms with E-state index in [1.807, 2.05) is 36.4 Å². The third-order valence-corrected chi connectivity index (χ3v) is 6.48. The summed E-state index contributed by atoms with van der Waals surface area (Å²) in [7, 11) is 1.62. The first-order valence-corrected chi connectivity index (χ1v) is 11.5. The molecule has 2 heterocycles. The monoisotopic (exact) mass is 434 g/mol. The van der Waals surface area contributed by atoms with Gasteiger partial charge in [0.15, 0.2) is 5.17 Å². The van der Waals surface area contributed by atoms with E-state index in [0.717, 1.165) is 28.4 Å². The maximum Gasteiger partial charge on any atom is 0.274 e. The van der Waals surface area contributed by atoms with E-state index in [1.54, 1.807) is 29.8 Å². The number of thioether (sulfide) groups is 1. The first kappa shape index (κ1) is 21.3. The van der Waals surface area contributed by atoms with Crippen LogP contribution in [0.2, 0.25) is 0 Å². The molecule has 160 valence electrons. The van der Waals surface area contributed by atoms with E-state index in [1.165, 1.54) is 10.2 Å². The van der Waals surface area contributed by atoms with E-state index in [2.05, 4.69) is 25.0 Å². The number of carbonyl (C=O) groups excluding carboxylic acids is 1. The summed E-state index contributed by atoms with van der Waals surface area (Å²) in [6.07, 6.45) is 1.04. The number of aromatic nitrogens is 2. The van der Waals surface area contributed by atoms with Gasteiger partial charge in [-0.15, -0.1) is 0 Å². The molecule has 1 aliphatic heterocycles. The van der Waals surface area contributed by atoms with Gasteiger partial charge in [0.05, 0.1) is 23.2 Å². The Morgan fingerprint density at radius 3 is 2.61 bits per heavy atom. The number of hydrogen-bond donors (Lipinski definition) is 0. The first-order chi connectivity index (χ1) is 15.0. The third kappa shape index (κ3) is 4.42. The molecule has 2 aromatic carbocycles. The zero-order valence-electron chi connectivity index (χ0n) is 18.0. The van der Waals surface area contributed by atoms with Crippen molar-refractivity contribution in [3.8, 4) is 0 Å². The van der Waals surface area contributed by atoms with Crippen LogP contribution in [0.25, 0.3) is 10.8 Å². The Labute approximate surface area is 186 Å². The molecule has 1 fully saturated rings. The average Bonchev–Trinajstić information content (AvgIpc) is 2.78. The van der Waals surface area contributed by atoms with Crippen LogP contribution in [0.15, 0.2) is 58.3 Å². The number of rotatable bonds is 4. The quantitative estimate of drug-likeness (QED) is 0.616. The van der Waals surface area contributed by atoms with Crippen molar-refractivity contribution in [2.75, 3.05) is 12.3 Å². The van der Waals surface area contributed by atoms with Crippen molar-refractivity contribution in [2.24, 2.45) is 12.0 Å². The highest BCUT2D eigenvalue weighted by Crippen LogP contribution is 2.29. The molecule has 1 amide bonds. The molecule has 1 aromatic heterocycles. The molecule has 0 radical (unpaired) electrons. The highest BCUT2D eigenvalue weighted by atomic mass is 32.2. The van der Waals surface area contributed by atoms with Crippen LogP contribution in [-0.4, -0.2) is 38.1 Å². The number of hydrogen-bond acceptors (Lipinski definition) is 5. The van der Waals surface area contributed by atoms with E-state index < -0.39 is 0 Å². The van der Waals surface area contributed by atoms with Gasteiger partial charge in [-0.3, -0.25) is 14.5 Å². The smallest absolute Gasteiger partial charge is 0.274 e. The summed E-state index contributed by atoms with van der Waals surface area (Å²) in [5, 5.41) is 6.43. The van der Waals surface area contributed by atoms with Gasteiger partial charge in [0, 0.05) is 24.7 Å². The van der Waals surface area contributed by atoms with E-state index in [-0.39, 0.29) is 17.9 Å². The van der Waals surface area contributed by atoms with Gasteiger partial charge in [-0.2, -0.15) is 5.10 Å². The Kier molecular flexibility index (Phi) is 6.23. The van der Waals surface area contributed by atoms with Gasteiger partial charge in [-0.25, -0.2) is 9.67 Å². The highest BCUT2D eigenvalue weighted by Gasteiger charge is 2.25. The zero-order chi connectivity index (χ0) is 22.0. The van der Waals surface area contributed by atoms with E-state index in [9.17, 15) is 9.59 Å². The SMILES string of the molecule is CC(C)c1ccccc1N=C1SCCCN1C(=O)Cc1nn(C)c(=O)c2ccccc12. The molecule has 6 nitrogen and oxygen atoms in total. The molecule has 0 N–H and O–H groups in total. The lowest BCUT2D eigenvalue weighted by molar-refractivity contribution is -0.126. The predicted octanol–water partition coefficient (Wildman–Crippen LogP) is 4.25. The summed E-state index contributed by atoms with van der Waals surface area (Å²) in [6, 6.07) is 15.4. The molecule has 1 saturated heterocycles. The topological polar surface area (TPSA) is 67.6 Å². The first-order valence-electron chi connectivity index (χ1n) is 10.5. The van der Waals surface area contributed by atoms with Crippen molar-refractivity contribution in [3.05, 3.63) is 70.1 Å². The second-order valence-corrected chi connectivity index (χ2v) is 9.02. The highest BCUT2D eigenvalue weighted by molar-refractivity contribution is 8.13. The summed E-state index contributed by atoms with van der Waals surface area (Å²) in [4.78, 5) is 32.4. The Morgan fingerprint density at radius 1 is 1.13 bits per heavy atom. The summed E-state index contributed by atoms with van der Waals surface area (Å²) in [5.41, 5.74) is 2.53. The summed E-state index contributed by atoms with van der Waals surface area (Å²) >= 11 is 1.61. The number of amides is 1. The van der Waals surface area contributed by atoms with Gasteiger partial charge in [0.1, 0.15) is 0 Å². The minimum absolute atomic E-state index is 0.0516. The molecule has 0 unspecified atom stereocenters. The summed E-state index contributed by atoms with van der Waals surface area (Å²) < 4.78 is 1.31. The maximum absolute atomic E-state index is 13.3. The summed E-state index contributed by atoms with van der Waals surface area (Å²) in [5.74, 6) is 1.23. The molecule has 7 heteroatoms. The van der Waals surface area contributed by atoms with Crippen molar-refractivity contribution < 1.29 is 4.79 Å². The number of nitrogens with zero attached hydrogens (tertiary/aromatic N) is 4. The molecule has 3 aromatic rings. The third-order valence-electron chi connectivity index (χ3n) is 5.42. The maximum atomic E-state index is 13.3. The van der Waals surface area contributed by atoms with Crippen LogP contribution in [0.3, 0.4) is 0 Å². The second-order valence-electron chi connectivity index (χ2n) is 7.95. The lowest BCUT2D eigenvalue weighted by Gasteiger charge is -2.28. The van der Waals surface area contributed by atoms with Crippen LogP contribution < -0.4 is 5.56 Å².